The molecule has 20 heavy (non-hydrogen) atoms. The van der Waals surface area contributed by atoms with Crippen molar-refractivity contribution < 1.29 is 9.59 Å². The van der Waals surface area contributed by atoms with E-state index in [2.05, 4.69) is 0 Å². The zero-order valence-corrected chi connectivity index (χ0v) is 12.5. The van der Waals surface area contributed by atoms with Crippen LogP contribution in [-0.2, 0) is 4.79 Å². The van der Waals surface area contributed by atoms with Gasteiger partial charge in [-0.3, -0.25) is 9.59 Å². The smallest absolute Gasteiger partial charge is 0.254 e. The molecule has 0 spiro atoms. The summed E-state index contributed by atoms with van der Waals surface area (Å²) in [4.78, 5) is 25.9. The van der Waals surface area contributed by atoms with Crippen molar-refractivity contribution in [2.24, 2.45) is 0 Å². The van der Waals surface area contributed by atoms with Gasteiger partial charge in [0, 0.05) is 29.6 Å². The van der Waals surface area contributed by atoms with Gasteiger partial charge in [0.2, 0.25) is 0 Å². The third-order valence-electron chi connectivity index (χ3n) is 3.75. The van der Waals surface area contributed by atoms with Gasteiger partial charge in [-0.25, -0.2) is 0 Å². The summed E-state index contributed by atoms with van der Waals surface area (Å²) in [7, 11) is 0. The Hall–Kier alpha value is -1.35. The van der Waals surface area contributed by atoms with Crippen LogP contribution in [0.5, 0.6) is 0 Å². The van der Waals surface area contributed by atoms with Crippen molar-refractivity contribution in [1.29, 1.82) is 0 Å². The van der Waals surface area contributed by atoms with Gasteiger partial charge in [-0.05, 0) is 44.0 Å². The molecular formula is C16H20ClNO2. The van der Waals surface area contributed by atoms with E-state index in [0.717, 1.165) is 32.2 Å². The van der Waals surface area contributed by atoms with Crippen LogP contribution >= 0.6 is 11.6 Å². The molecule has 4 heteroatoms. The quantitative estimate of drug-likeness (QED) is 0.852. The lowest BCUT2D eigenvalue weighted by molar-refractivity contribution is -0.118. The standard InChI is InChI=1S/C16H20ClNO2/c1-12(19)11-15-5-3-2-4-10-18(15)16(20)13-6-8-14(17)9-7-13/h6-9,15H,2-5,10-11H2,1H3. The number of carbonyl (C=O) groups is 2. The predicted molar refractivity (Wildman–Crippen MR) is 80.0 cm³/mol. The molecule has 1 unspecified atom stereocenters. The minimum atomic E-state index is 0.00909. The molecule has 1 fully saturated rings. The number of hydrogen-bond donors (Lipinski definition) is 0. The molecule has 0 bridgehead atoms. The van der Waals surface area contributed by atoms with Gasteiger partial charge in [-0.15, -0.1) is 0 Å². The van der Waals surface area contributed by atoms with Crippen LogP contribution in [0.3, 0.4) is 0 Å². The molecule has 1 heterocycles. The number of Topliss-reactive ketones (excluding diaryl/α,β-unsaturated/α-hetero) is 1. The number of ketones is 1. The summed E-state index contributed by atoms with van der Waals surface area (Å²) in [6.07, 6.45) is 4.59. The maximum absolute atomic E-state index is 12.6. The zero-order chi connectivity index (χ0) is 14.5. The normalized spacial score (nSPS) is 19.5. The number of halogens is 1. The SMILES string of the molecule is CC(=O)CC1CCCCCN1C(=O)c1ccc(Cl)cc1. The van der Waals surface area contributed by atoms with E-state index in [1.807, 2.05) is 4.90 Å². The molecule has 2 rings (SSSR count). The average molecular weight is 294 g/mol. The Balaban J connectivity index is 2.18. The molecule has 0 aliphatic carbocycles. The number of rotatable bonds is 3. The monoisotopic (exact) mass is 293 g/mol. The molecule has 0 aromatic heterocycles. The van der Waals surface area contributed by atoms with Crippen LogP contribution in [0.1, 0.15) is 49.4 Å². The highest BCUT2D eigenvalue weighted by molar-refractivity contribution is 6.30. The number of nitrogens with zero attached hydrogens (tertiary/aromatic N) is 1. The van der Waals surface area contributed by atoms with E-state index in [9.17, 15) is 9.59 Å². The second kappa shape index (κ2) is 6.89. The van der Waals surface area contributed by atoms with Gasteiger partial charge in [0.05, 0.1) is 0 Å². The van der Waals surface area contributed by atoms with Gasteiger partial charge < -0.3 is 4.90 Å². The number of amides is 1. The number of hydrogen-bond acceptors (Lipinski definition) is 2. The van der Waals surface area contributed by atoms with Crippen molar-refractivity contribution in [2.45, 2.75) is 45.1 Å². The lowest BCUT2D eigenvalue weighted by Gasteiger charge is -2.29. The first-order chi connectivity index (χ1) is 9.58. The second-order valence-electron chi connectivity index (χ2n) is 5.41. The van der Waals surface area contributed by atoms with Gasteiger partial charge >= 0.3 is 0 Å². The predicted octanol–water partition coefficient (Wildman–Crippen LogP) is 3.70. The minimum absolute atomic E-state index is 0.00909. The molecule has 108 valence electrons. The fourth-order valence-electron chi connectivity index (χ4n) is 2.75. The summed E-state index contributed by atoms with van der Waals surface area (Å²) in [6, 6.07) is 7.00. The van der Waals surface area contributed by atoms with E-state index in [-0.39, 0.29) is 17.7 Å². The van der Waals surface area contributed by atoms with E-state index in [4.69, 9.17) is 11.6 Å². The van der Waals surface area contributed by atoms with Crippen LogP contribution in [0.2, 0.25) is 5.02 Å². The summed E-state index contributed by atoms with van der Waals surface area (Å²) < 4.78 is 0. The van der Waals surface area contributed by atoms with Gasteiger partial charge in [0.15, 0.2) is 0 Å². The summed E-state index contributed by atoms with van der Waals surface area (Å²) in [5.74, 6) is 0.153. The van der Waals surface area contributed by atoms with E-state index in [1.165, 1.54) is 0 Å². The van der Waals surface area contributed by atoms with E-state index < -0.39 is 0 Å². The Bertz CT molecular complexity index is 484. The third kappa shape index (κ3) is 3.83. The minimum Gasteiger partial charge on any atom is -0.335 e. The van der Waals surface area contributed by atoms with Crippen LogP contribution < -0.4 is 0 Å². The summed E-state index contributed by atoms with van der Waals surface area (Å²) in [5, 5.41) is 0.623. The first-order valence-corrected chi connectivity index (χ1v) is 7.51. The molecular weight excluding hydrogens is 274 g/mol. The maximum atomic E-state index is 12.6. The Labute approximate surface area is 124 Å². The second-order valence-corrected chi connectivity index (χ2v) is 5.85. The largest absolute Gasteiger partial charge is 0.335 e. The molecule has 3 nitrogen and oxygen atoms in total. The van der Waals surface area contributed by atoms with Gasteiger partial charge in [0.25, 0.3) is 5.91 Å². The van der Waals surface area contributed by atoms with Crippen molar-refractivity contribution in [3.05, 3.63) is 34.9 Å². The summed E-state index contributed by atoms with van der Waals surface area (Å²) >= 11 is 5.86. The van der Waals surface area contributed by atoms with E-state index >= 15 is 0 Å². The van der Waals surface area contributed by atoms with Crippen LogP contribution in [0.25, 0.3) is 0 Å². The summed E-state index contributed by atoms with van der Waals surface area (Å²) in [6.45, 7) is 2.33. The molecule has 1 aromatic rings. The first kappa shape index (κ1) is 15.0. The molecule has 1 aromatic carbocycles. The van der Waals surface area contributed by atoms with Crippen molar-refractivity contribution in [3.63, 3.8) is 0 Å². The third-order valence-corrected chi connectivity index (χ3v) is 4.00. The van der Waals surface area contributed by atoms with Gasteiger partial charge in [-0.1, -0.05) is 24.4 Å². The lowest BCUT2D eigenvalue weighted by Crippen LogP contribution is -2.41. The molecule has 0 radical (unpaired) electrons. The number of carbonyl (C=O) groups excluding carboxylic acids is 2. The zero-order valence-electron chi connectivity index (χ0n) is 11.8. The fraction of sp³-hybridized carbons (Fsp3) is 0.500. The molecule has 0 saturated carbocycles. The van der Waals surface area contributed by atoms with Crippen molar-refractivity contribution >= 4 is 23.3 Å². The number of likely N-dealkylation sites (tertiary alicyclic amines) is 1. The fourth-order valence-corrected chi connectivity index (χ4v) is 2.87. The van der Waals surface area contributed by atoms with E-state index in [1.54, 1.807) is 31.2 Å². The average Bonchev–Trinajstić information content (AvgIpc) is 2.63. The lowest BCUT2D eigenvalue weighted by atomic mass is 10.0. The topological polar surface area (TPSA) is 37.4 Å². The molecule has 1 aliphatic heterocycles. The Morgan fingerprint density at radius 2 is 1.90 bits per heavy atom. The Kier molecular flexibility index (Phi) is 5.18. The number of benzene rings is 1. The molecule has 1 saturated heterocycles. The van der Waals surface area contributed by atoms with Crippen molar-refractivity contribution in [3.8, 4) is 0 Å². The van der Waals surface area contributed by atoms with Crippen LogP contribution in [0.15, 0.2) is 24.3 Å². The maximum Gasteiger partial charge on any atom is 0.254 e. The van der Waals surface area contributed by atoms with Crippen molar-refractivity contribution in [1.82, 2.24) is 4.90 Å². The van der Waals surface area contributed by atoms with Crippen LogP contribution in [-0.4, -0.2) is 29.2 Å². The first-order valence-electron chi connectivity index (χ1n) is 7.14. The molecule has 1 amide bonds. The summed E-state index contributed by atoms with van der Waals surface area (Å²) in [5.41, 5.74) is 0.643. The molecule has 0 N–H and O–H groups in total. The highest BCUT2D eigenvalue weighted by atomic mass is 35.5. The van der Waals surface area contributed by atoms with Crippen molar-refractivity contribution in [2.75, 3.05) is 6.54 Å². The van der Waals surface area contributed by atoms with Gasteiger partial charge in [0.1, 0.15) is 5.78 Å². The Morgan fingerprint density at radius 1 is 1.20 bits per heavy atom. The highest BCUT2D eigenvalue weighted by Crippen LogP contribution is 2.22. The van der Waals surface area contributed by atoms with Gasteiger partial charge in [-0.2, -0.15) is 0 Å². The molecule has 1 aliphatic rings. The highest BCUT2D eigenvalue weighted by Gasteiger charge is 2.27. The van der Waals surface area contributed by atoms with Crippen LogP contribution in [0.4, 0.5) is 0 Å². The Morgan fingerprint density at radius 3 is 2.55 bits per heavy atom. The van der Waals surface area contributed by atoms with E-state index in [0.29, 0.717) is 17.0 Å². The van der Waals surface area contributed by atoms with Crippen LogP contribution in [0, 0.1) is 0 Å². The molecule has 1 atom stereocenters.